The third-order valence-corrected chi connectivity index (χ3v) is 5.39. The quantitative estimate of drug-likeness (QED) is 0.569. The molecule has 1 aliphatic carbocycles. The summed E-state index contributed by atoms with van der Waals surface area (Å²) in [6, 6.07) is 6.52. The maximum Gasteiger partial charge on any atom is 0.148 e. The lowest BCUT2D eigenvalue weighted by Gasteiger charge is -2.19. The second-order valence-electron chi connectivity index (χ2n) is 7.57. The van der Waals surface area contributed by atoms with Crippen LogP contribution in [0.1, 0.15) is 56.6 Å². The molecule has 0 aliphatic heterocycles. The predicted molar refractivity (Wildman–Crippen MR) is 112 cm³/mol. The van der Waals surface area contributed by atoms with Crippen LogP contribution in [0, 0.1) is 11.7 Å². The molecule has 0 amide bonds. The Morgan fingerprint density at radius 3 is 2.70 bits per heavy atom. The Labute approximate surface area is 166 Å². The molecule has 3 nitrogen and oxygen atoms in total. The zero-order valence-corrected chi connectivity index (χ0v) is 16.7. The number of nitrogens with zero attached hydrogens (tertiary/aromatic N) is 1. The van der Waals surface area contributed by atoms with E-state index in [1.807, 2.05) is 12.3 Å². The SMILES string of the molecule is C=C(NCC1CCCC1)c1cnc(Nc2ccc(Cl)cc2F)cc1C(C)C. The molecule has 5 heteroatoms. The van der Waals surface area contributed by atoms with Gasteiger partial charge in [-0.05, 0) is 54.5 Å². The monoisotopic (exact) mass is 387 g/mol. The van der Waals surface area contributed by atoms with Gasteiger partial charge in [-0.15, -0.1) is 0 Å². The highest BCUT2D eigenvalue weighted by Crippen LogP contribution is 2.29. The lowest BCUT2D eigenvalue weighted by atomic mass is 9.97. The fourth-order valence-electron chi connectivity index (χ4n) is 3.58. The topological polar surface area (TPSA) is 37.0 Å². The van der Waals surface area contributed by atoms with E-state index in [1.165, 1.54) is 31.7 Å². The fourth-order valence-corrected chi connectivity index (χ4v) is 3.73. The Morgan fingerprint density at radius 1 is 1.30 bits per heavy atom. The molecule has 144 valence electrons. The largest absolute Gasteiger partial charge is 0.385 e. The molecular formula is C22H27ClFN3. The standard InChI is InChI=1S/C22H27ClFN3/c1-14(2)18-11-22(27-21-9-8-17(23)10-20(21)24)26-13-19(18)15(3)25-12-16-6-4-5-7-16/h8-11,13-14,16,25H,3-7,12H2,1-2H3,(H,26,27). The molecule has 1 heterocycles. The van der Waals surface area contributed by atoms with Crippen molar-refractivity contribution in [3.8, 4) is 0 Å². The first kappa shape index (κ1) is 19.7. The molecule has 0 unspecified atom stereocenters. The Balaban J connectivity index is 1.76. The molecule has 3 rings (SSSR count). The molecule has 0 atom stereocenters. The number of rotatable bonds is 7. The summed E-state index contributed by atoms with van der Waals surface area (Å²) in [4.78, 5) is 4.47. The number of aromatic nitrogens is 1. The van der Waals surface area contributed by atoms with Crippen molar-refractivity contribution >= 4 is 28.8 Å². The first-order valence-electron chi connectivity index (χ1n) is 9.59. The molecule has 1 aliphatic rings. The third kappa shape index (κ3) is 5.01. The fraction of sp³-hybridized carbons (Fsp3) is 0.409. The van der Waals surface area contributed by atoms with Crippen LogP contribution >= 0.6 is 11.6 Å². The zero-order chi connectivity index (χ0) is 19.4. The Hall–Kier alpha value is -2.07. The molecule has 1 aromatic carbocycles. The van der Waals surface area contributed by atoms with Gasteiger partial charge in [-0.25, -0.2) is 9.37 Å². The predicted octanol–water partition coefficient (Wildman–Crippen LogP) is 6.49. The maximum atomic E-state index is 14.1. The number of benzene rings is 1. The number of hydrogen-bond acceptors (Lipinski definition) is 3. The summed E-state index contributed by atoms with van der Waals surface area (Å²) in [6.45, 7) is 9.45. The van der Waals surface area contributed by atoms with Crippen LogP contribution in [0.5, 0.6) is 0 Å². The smallest absolute Gasteiger partial charge is 0.148 e. The number of pyridine rings is 1. The molecule has 2 N–H and O–H groups in total. The lowest BCUT2D eigenvalue weighted by molar-refractivity contribution is 0.531. The Morgan fingerprint density at radius 2 is 2.04 bits per heavy atom. The molecule has 1 saturated carbocycles. The number of halogens is 2. The molecule has 0 spiro atoms. The summed E-state index contributed by atoms with van der Waals surface area (Å²) in [5, 5.41) is 6.90. The van der Waals surface area contributed by atoms with Crippen molar-refractivity contribution in [1.29, 1.82) is 0 Å². The van der Waals surface area contributed by atoms with Crippen LogP contribution in [0.2, 0.25) is 5.02 Å². The van der Waals surface area contributed by atoms with Crippen molar-refractivity contribution in [1.82, 2.24) is 10.3 Å². The molecule has 0 bridgehead atoms. The van der Waals surface area contributed by atoms with E-state index in [2.05, 4.69) is 36.0 Å². The Kier molecular flexibility index (Phi) is 6.38. The minimum absolute atomic E-state index is 0.295. The van der Waals surface area contributed by atoms with Crippen LogP contribution in [0.3, 0.4) is 0 Å². The second kappa shape index (κ2) is 8.75. The van der Waals surface area contributed by atoms with Crippen LogP contribution < -0.4 is 10.6 Å². The average Bonchev–Trinajstić information content (AvgIpc) is 3.15. The minimum atomic E-state index is -0.401. The molecule has 1 fully saturated rings. The van der Waals surface area contributed by atoms with Gasteiger partial charge in [0, 0.05) is 29.0 Å². The van der Waals surface area contributed by atoms with Gasteiger partial charge in [-0.2, -0.15) is 0 Å². The highest BCUT2D eigenvalue weighted by atomic mass is 35.5. The Bertz CT molecular complexity index is 813. The van der Waals surface area contributed by atoms with E-state index in [-0.39, 0.29) is 0 Å². The average molecular weight is 388 g/mol. The van der Waals surface area contributed by atoms with Crippen molar-refractivity contribution in [3.63, 3.8) is 0 Å². The van der Waals surface area contributed by atoms with Gasteiger partial charge < -0.3 is 10.6 Å². The van der Waals surface area contributed by atoms with Crippen molar-refractivity contribution in [2.24, 2.45) is 5.92 Å². The number of nitrogens with one attached hydrogen (secondary N) is 2. The van der Waals surface area contributed by atoms with Gasteiger partial charge in [-0.1, -0.05) is 44.9 Å². The van der Waals surface area contributed by atoms with Gasteiger partial charge in [0.25, 0.3) is 0 Å². The van der Waals surface area contributed by atoms with Gasteiger partial charge >= 0.3 is 0 Å². The summed E-state index contributed by atoms with van der Waals surface area (Å²) in [5.41, 5.74) is 3.41. The van der Waals surface area contributed by atoms with E-state index in [0.717, 1.165) is 29.3 Å². The van der Waals surface area contributed by atoms with E-state index < -0.39 is 5.82 Å². The summed E-state index contributed by atoms with van der Waals surface area (Å²) in [5.74, 6) is 1.24. The molecule has 2 aromatic rings. The summed E-state index contributed by atoms with van der Waals surface area (Å²) >= 11 is 5.82. The van der Waals surface area contributed by atoms with Gasteiger partial charge in [0.15, 0.2) is 0 Å². The van der Waals surface area contributed by atoms with E-state index >= 15 is 0 Å². The van der Waals surface area contributed by atoms with Crippen LogP contribution in [-0.2, 0) is 0 Å². The van der Waals surface area contributed by atoms with Crippen LogP contribution in [0.25, 0.3) is 5.70 Å². The maximum absolute atomic E-state index is 14.1. The van der Waals surface area contributed by atoms with E-state index in [4.69, 9.17) is 11.6 Å². The first-order chi connectivity index (χ1) is 12.9. The molecule has 1 aromatic heterocycles. The molecular weight excluding hydrogens is 361 g/mol. The van der Waals surface area contributed by atoms with Crippen LogP contribution in [0.4, 0.5) is 15.9 Å². The third-order valence-electron chi connectivity index (χ3n) is 5.16. The summed E-state index contributed by atoms with van der Waals surface area (Å²) in [6.07, 6.45) is 7.07. The molecule has 0 saturated heterocycles. The second-order valence-corrected chi connectivity index (χ2v) is 8.01. The van der Waals surface area contributed by atoms with Gasteiger partial charge in [-0.3, -0.25) is 0 Å². The van der Waals surface area contributed by atoms with E-state index in [0.29, 0.717) is 22.4 Å². The molecule has 27 heavy (non-hydrogen) atoms. The summed E-state index contributed by atoms with van der Waals surface area (Å²) < 4.78 is 14.1. The van der Waals surface area contributed by atoms with E-state index in [1.54, 1.807) is 12.1 Å². The van der Waals surface area contributed by atoms with Crippen LogP contribution in [-0.4, -0.2) is 11.5 Å². The van der Waals surface area contributed by atoms with Crippen molar-refractivity contribution in [3.05, 3.63) is 59.0 Å². The summed E-state index contributed by atoms with van der Waals surface area (Å²) in [7, 11) is 0. The zero-order valence-electron chi connectivity index (χ0n) is 16.0. The van der Waals surface area contributed by atoms with Crippen molar-refractivity contribution in [2.45, 2.75) is 45.4 Å². The van der Waals surface area contributed by atoms with Crippen molar-refractivity contribution < 1.29 is 4.39 Å². The highest BCUT2D eigenvalue weighted by molar-refractivity contribution is 6.30. The van der Waals surface area contributed by atoms with Crippen molar-refractivity contribution in [2.75, 3.05) is 11.9 Å². The van der Waals surface area contributed by atoms with Crippen LogP contribution in [0.15, 0.2) is 37.0 Å². The molecule has 0 radical (unpaired) electrons. The normalized spacial score (nSPS) is 14.6. The number of hydrogen-bond donors (Lipinski definition) is 2. The van der Waals surface area contributed by atoms with Gasteiger partial charge in [0.05, 0.1) is 5.69 Å². The van der Waals surface area contributed by atoms with E-state index in [9.17, 15) is 4.39 Å². The highest BCUT2D eigenvalue weighted by Gasteiger charge is 2.17. The minimum Gasteiger partial charge on any atom is -0.385 e. The lowest BCUT2D eigenvalue weighted by Crippen LogP contribution is -2.20. The number of anilines is 2. The first-order valence-corrected chi connectivity index (χ1v) is 9.97. The van der Waals surface area contributed by atoms with Gasteiger partial charge in [0.1, 0.15) is 11.6 Å². The van der Waals surface area contributed by atoms with Gasteiger partial charge in [0.2, 0.25) is 0 Å².